The van der Waals surface area contributed by atoms with Crippen molar-refractivity contribution in [2.24, 2.45) is 0 Å². The summed E-state index contributed by atoms with van der Waals surface area (Å²) in [6.45, 7) is 5.16. The molecule has 0 spiro atoms. The molecule has 0 unspecified atom stereocenters. The maximum absolute atomic E-state index is 10.9. The van der Waals surface area contributed by atoms with E-state index in [2.05, 4.69) is 4.98 Å². The van der Waals surface area contributed by atoms with Gasteiger partial charge in [0.15, 0.2) is 5.78 Å². The van der Waals surface area contributed by atoms with Crippen LogP contribution in [0.3, 0.4) is 0 Å². The maximum Gasteiger partial charge on any atom is 0.185 e. The third-order valence-corrected chi connectivity index (χ3v) is 2.07. The van der Waals surface area contributed by atoms with Crippen molar-refractivity contribution in [1.29, 1.82) is 0 Å². The number of benzene rings is 1. The van der Waals surface area contributed by atoms with E-state index in [0.717, 1.165) is 11.3 Å². The summed E-state index contributed by atoms with van der Waals surface area (Å²) < 4.78 is 0. The Hall–Kier alpha value is -1.96. The molecule has 15 heavy (non-hydrogen) atoms. The highest BCUT2D eigenvalue weighted by Crippen LogP contribution is 2.16. The third kappa shape index (κ3) is 2.10. The van der Waals surface area contributed by atoms with Crippen LogP contribution in [0.1, 0.15) is 10.5 Å². The summed E-state index contributed by atoms with van der Waals surface area (Å²) >= 11 is 0. The van der Waals surface area contributed by atoms with Crippen molar-refractivity contribution in [2.75, 3.05) is 0 Å². The monoisotopic (exact) mass is 195 g/mol. The number of aromatic nitrogens is 1. The van der Waals surface area contributed by atoms with E-state index in [0.29, 0.717) is 0 Å². The van der Waals surface area contributed by atoms with Gasteiger partial charge in [-0.05, 0) is 12.1 Å². The van der Waals surface area contributed by atoms with Gasteiger partial charge >= 0.3 is 0 Å². The van der Waals surface area contributed by atoms with Gasteiger partial charge in [-0.25, -0.2) is 4.98 Å². The van der Waals surface area contributed by atoms with Gasteiger partial charge in [-0.1, -0.05) is 36.4 Å². The summed E-state index contributed by atoms with van der Waals surface area (Å²) in [5, 5.41) is 0. The Morgan fingerprint density at radius 2 is 1.73 bits per heavy atom. The summed E-state index contributed by atoms with van der Waals surface area (Å²) in [5.41, 5.74) is 2.02. The van der Waals surface area contributed by atoms with Crippen molar-refractivity contribution in [3.05, 3.63) is 61.1 Å². The van der Waals surface area contributed by atoms with Crippen molar-refractivity contribution in [3.8, 4) is 11.3 Å². The zero-order valence-corrected chi connectivity index (χ0v) is 8.05. The topological polar surface area (TPSA) is 30.0 Å². The summed E-state index contributed by atoms with van der Waals surface area (Å²) in [5.74, 6) is -0.507. The molecule has 2 aromatic rings. The Kier molecular flexibility index (Phi) is 2.59. The van der Waals surface area contributed by atoms with Gasteiger partial charge in [0.1, 0.15) is 5.69 Å². The zero-order chi connectivity index (χ0) is 10.7. The van der Waals surface area contributed by atoms with Crippen molar-refractivity contribution in [3.63, 3.8) is 0 Å². The van der Waals surface area contributed by atoms with Gasteiger partial charge in [0.2, 0.25) is 0 Å². The first-order valence-corrected chi connectivity index (χ1v) is 4.59. The zero-order valence-electron chi connectivity index (χ0n) is 8.05. The Balaban J connectivity index is 2.46. The van der Waals surface area contributed by atoms with E-state index < -0.39 is 5.78 Å². The predicted octanol–water partition coefficient (Wildman–Crippen LogP) is 2.64. The molecule has 2 nitrogen and oxygen atoms in total. The second-order valence-corrected chi connectivity index (χ2v) is 3.14. The minimum absolute atomic E-state index is 0.288. The van der Waals surface area contributed by atoms with Crippen molar-refractivity contribution >= 4 is 5.78 Å². The van der Waals surface area contributed by atoms with Crippen LogP contribution >= 0.6 is 0 Å². The van der Waals surface area contributed by atoms with E-state index in [4.69, 9.17) is 6.92 Å². The Morgan fingerprint density at radius 3 is 2.40 bits per heavy atom. The molecule has 1 aromatic heterocycles. The molecule has 2 rings (SSSR count). The molecule has 0 atom stereocenters. The van der Waals surface area contributed by atoms with Crippen LogP contribution in [-0.2, 0) is 0 Å². The van der Waals surface area contributed by atoms with Gasteiger partial charge in [-0.15, -0.1) is 0 Å². The molecule has 0 fully saturated rings. The highest BCUT2D eigenvalue weighted by molar-refractivity contribution is 5.97. The van der Waals surface area contributed by atoms with Crippen LogP contribution in [-0.4, -0.2) is 10.8 Å². The average Bonchev–Trinajstić information content (AvgIpc) is 2.30. The van der Waals surface area contributed by atoms with Crippen molar-refractivity contribution in [1.82, 2.24) is 4.98 Å². The molecule has 0 amide bonds. The molecule has 1 heterocycles. The summed E-state index contributed by atoms with van der Waals surface area (Å²) in [6.07, 6.45) is 0. The highest BCUT2D eigenvalue weighted by Gasteiger charge is 2.03. The number of carbonyl (C=O) groups is 1. The fraction of sp³-hybridized carbons (Fsp3) is 0. The Morgan fingerprint density at radius 1 is 1.00 bits per heavy atom. The first-order valence-electron chi connectivity index (χ1n) is 4.59. The SMILES string of the molecule is [CH]C(=O)c1cccc(-c2ccccc2)n1. The van der Waals surface area contributed by atoms with Crippen molar-refractivity contribution in [2.45, 2.75) is 0 Å². The van der Waals surface area contributed by atoms with Gasteiger partial charge in [-0.2, -0.15) is 0 Å². The van der Waals surface area contributed by atoms with Crippen molar-refractivity contribution < 1.29 is 4.79 Å². The number of pyridine rings is 1. The number of nitrogens with zero attached hydrogens (tertiary/aromatic N) is 1. The standard InChI is InChI=1S/C13H9NO/c1-10(15)12-8-5-9-13(14-12)11-6-3-2-4-7-11/h1-9H. The minimum atomic E-state index is -0.507. The quantitative estimate of drug-likeness (QED) is 0.689. The van der Waals surface area contributed by atoms with Crippen LogP contribution in [0.2, 0.25) is 0 Å². The first kappa shape index (κ1) is 9.59. The number of Topliss-reactive ketones (excluding diaryl/α,β-unsaturated/α-hetero) is 1. The number of ketones is 1. The van der Waals surface area contributed by atoms with Crippen LogP contribution in [0.15, 0.2) is 48.5 Å². The molecule has 0 aliphatic rings. The van der Waals surface area contributed by atoms with Crippen LogP contribution in [0.5, 0.6) is 0 Å². The number of carbonyl (C=O) groups excluding carboxylic acids is 1. The van der Waals surface area contributed by atoms with E-state index in [1.54, 1.807) is 12.1 Å². The molecule has 2 radical (unpaired) electrons. The molecular weight excluding hydrogens is 186 g/mol. The molecule has 1 aromatic carbocycles. The number of rotatable bonds is 2. The lowest BCUT2D eigenvalue weighted by molar-refractivity contribution is 0.104. The van der Waals surface area contributed by atoms with Crippen LogP contribution in [0, 0.1) is 6.92 Å². The number of hydrogen-bond acceptors (Lipinski definition) is 2. The lowest BCUT2D eigenvalue weighted by Gasteiger charge is -2.01. The molecular formula is C13H9NO. The number of hydrogen-bond donors (Lipinski definition) is 0. The lowest BCUT2D eigenvalue weighted by Crippen LogP contribution is -1.97. The average molecular weight is 195 g/mol. The van der Waals surface area contributed by atoms with E-state index in [9.17, 15) is 4.79 Å². The Bertz CT molecular complexity index is 477. The largest absolute Gasteiger partial charge is 0.292 e. The first-order chi connectivity index (χ1) is 7.27. The molecule has 0 saturated carbocycles. The lowest BCUT2D eigenvalue weighted by atomic mass is 10.1. The fourth-order valence-electron chi connectivity index (χ4n) is 1.34. The van der Waals surface area contributed by atoms with Gasteiger partial charge < -0.3 is 0 Å². The summed E-state index contributed by atoms with van der Waals surface area (Å²) in [7, 11) is 0. The Labute approximate surface area is 88.6 Å². The molecule has 72 valence electrons. The summed E-state index contributed by atoms with van der Waals surface area (Å²) in [6, 6.07) is 14.9. The van der Waals surface area contributed by atoms with Gasteiger partial charge in [0, 0.05) is 12.5 Å². The molecule has 0 saturated heterocycles. The smallest absolute Gasteiger partial charge is 0.185 e. The molecule has 2 heteroatoms. The van der Waals surface area contributed by atoms with E-state index in [-0.39, 0.29) is 5.69 Å². The van der Waals surface area contributed by atoms with E-state index in [1.165, 1.54) is 0 Å². The molecule has 0 aliphatic carbocycles. The maximum atomic E-state index is 10.9. The summed E-state index contributed by atoms with van der Waals surface area (Å²) in [4.78, 5) is 15.1. The second kappa shape index (κ2) is 4.05. The third-order valence-electron chi connectivity index (χ3n) is 2.07. The second-order valence-electron chi connectivity index (χ2n) is 3.14. The van der Waals surface area contributed by atoms with Gasteiger partial charge in [0.25, 0.3) is 0 Å². The van der Waals surface area contributed by atoms with Crippen LogP contribution < -0.4 is 0 Å². The van der Waals surface area contributed by atoms with Crippen LogP contribution in [0.25, 0.3) is 11.3 Å². The normalized spacial score (nSPS) is 9.93. The van der Waals surface area contributed by atoms with E-state index in [1.807, 2.05) is 36.4 Å². The van der Waals surface area contributed by atoms with E-state index >= 15 is 0 Å². The fourth-order valence-corrected chi connectivity index (χ4v) is 1.34. The van der Waals surface area contributed by atoms with Crippen LogP contribution in [0.4, 0.5) is 0 Å². The van der Waals surface area contributed by atoms with Gasteiger partial charge in [0.05, 0.1) is 5.69 Å². The minimum Gasteiger partial charge on any atom is -0.292 e. The molecule has 0 aliphatic heterocycles. The predicted molar refractivity (Wildman–Crippen MR) is 58.3 cm³/mol. The molecule has 0 bridgehead atoms. The highest BCUT2D eigenvalue weighted by atomic mass is 16.1. The van der Waals surface area contributed by atoms with Gasteiger partial charge in [-0.3, -0.25) is 4.79 Å². The molecule has 0 N–H and O–H groups in total.